The number of aliphatic hydroxyl groups excluding tert-OH is 1. The van der Waals surface area contributed by atoms with Crippen molar-refractivity contribution in [1.29, 1.82) is 0 Å². The normalized spacial score (nSPS) is 20.1. The van der Waals surface area contributed by atoms with Crippen LogP contribution in [0.2, 0.25) is 0 Å². The molecule has 0 bridgehead atoms. The van der Waals surface area contributed by atoms with Crippen molar-refractivity contribution in [3.63, 3.8) is 0 Å². The molecule has 25 heavy (non-hydrogen) atoms. The molecule has 4 rings (SSSR count). The first-order chi connectivity index (χ1) is 12.1. The van der Waals surface area contributed by atoms with Gasteiger partial charge < -0.3 is 24.0 Å². The highest BCUT2D eigenvalue weighted by Gasteiger charge is 2.21. The summed E-state index contributed by atoms with van der Waals surface area (Å²) in [6.07, 6.45) is 2.05. The second-order valence-electron chi connectivity index (χ2n) is 7.39. The SMILES string of the molecule is Cc1nc2cc3c(cc2n1C[C@@H](O)CN1CCC(C)CC1)OCCO3. The Morgan fingerprint density at radius 2 is 1.84 bits per heavy atom. The standard InChI is InChI=1S/C19H27N3O3/c1-13-3-5-21(6-4-13)11-15(23)12-22-14(2)20-16-9-18-19(10-17(16)22)25-8-7-24-18/h9-10,13,15,23H,3-8,11-12H2,1-2H3/t15-/m0/s1. The number of likely N-dealkylation sites (tertiary alicyclic amines) is 1. The van der Waals surface area contributed by atoms with Crippen molar-refractivity contribution < 1.29 is 14.6 Å². The maximum absolute atomic E-state index is 10.6. The molecular formula is C19H27N3O3. The quantitative estimate of drug-likeness (QED) is 0.921. The number of ether oxygens (including phenoxy) is 2. The van der Waals surface area contributed by atoms with Gasteiger partial charge in [0.2, 0.25) is 0 Å². The molecule has 0 aliphatic carbocycles. The van der Waals surface area contributed by atoms with Gasteiger partial charge in [0.15, 0.2) is 11.5 Å². The van der Waals surface area contributed by atoms with E-state index in [1.165, 1.54) is 12.8 Å². The molecule has 1 aromatic heterocycles. The molecule has 6 nitrogen and oxygen atoms in total. The lowest BCUT2D eigenvalue weighted by Crippen LogP contribution is -2.39. The van der Waals surface area contributed by atoms with Crippen LogP contribution in [0.15, 0.2) is 12.1 Å². The lowest BCUT2D eigenvalue weighted by Gasteiger charge is -2.31. The summed E-state index contributed by atoms with van der Waals surface area (Å²) in [5, 5.41) is 10.6. The molecule has 0 amide bonds. The van der Waals surface area contributed by atoms with Crippen molar-refractivity contribution in [2.45, 2.75) is 39.3 Å². The highest BCUT2D eigenvalue weighted by atomic mass is 16.6. The summed E-state index contributed by atoms with van der Waals surface area (Å²) in [5.74, 6) is 3.23. The van der Waals surface area contributed by atoms with Gasteiger partial charge in [0.1, 0.15) is 19.0 Å². The molecule has 0 spiro atoms. The number of piperidine rings is 1. The summed E-state index contributed by atoms with van der Waals surface area (Å²) >= 11 is 0. The molecule has 6 heteroatoms. The van der Waals surface area contributed by atoms with Crippen LogP contribution in [-0.2, 0) is 6.54 Å². The van der Waals surface area contributed by atoms with E-state index < -0.39 is 6.10 Å². The van der Waals surface area contributed by atoms with E-state index >= 15 is 0 Å². The fourth-order valence-electron chi connectivity index (χ4n) is 3.82. The Bertz CT molecular complexity index is 750. The number of β-amino-alcohol motifs (C(OH)–C–C–N with tert-alkyl or cyclic N) is 1. The number of imidazole rings is 1. The Hall–Kier alpha value is -1.79. The Kier molecular flexibility index (Phi) is 4.56. The summed E-state index contributed by atoms with van der Waals surface area (Å²) in [5.41, 5.74) is 1.88. The molecule has 136 valence electrons. The number of aryl methyl sites for hydroxylation is 1. The number of benzene rings is 1. The van der Waals surface area contributed by atoms with E-state index in [9.17, 15) is 5.11 Å². The van der Waals surface area contributed by atoms with Crippen LogP contribution in [-0.4, -0.2) is 58.5 Å². The largest absolute Gasteiger partial charge is 0.486 e. The zero-order valence-electron chi connectivity index (χ0n) is 15.1. The highest BCUT2D eigenvalue weighted by molar-refractivity contribution is 5.80. The highest BCUT2D eigenvalue weighted by Crippen LogP contribution is 2.34. The number of aromatic nitrogens is 2. The first-order valence-electron chi connectivity index (χ1n) is 9.27. The Labute approximate surface area is 148 Å². The molecule has 2 aliphatic heterocycles. The van der Waals surface area contributed by atoms with Gasteiger partial charge in [-0.15, -0.1) is 0 Å². The van der Waals surface area contributed by atoms with Crippen molar-refractivity contribution in [3.05, 3.63) is 18.0 Å². The van der Waals surface area contributed by atoms with E-state index in [-0.39, 0.29) is 0 Å². The molecule has 1 atom stereocenters. The van der Waals surface area contributed by atoms with Crippen molar-refractivity contribution in [1.82, 2.24) is 14.5 Å². The van der Waals surface area contributed by atoms with Gasteiger partial charge in [0, 0.05) is 18.7 Å². The van der Waals surface area contributed by atoms with Gasteiger partial charge in [-0.05, 0) is 38.8 Å². The minimum absolute atomic E-state index is 0.405. The monoisotopic (exact) mass is 345 g/mol. The predicted molar refractivity (Wildman–Crippen MR) is 96.3 cm³/mol. The van der Waals surface area contributed by atoms with Crippen LogP contribution in [0.25, 0.3) is 11.0 Å². The molecule has 2 aromatic rings. The molecule has 0 saturated carbocycles. The van der Waals surface area contributed by atoms with Gasteiger partial charge >= 0.3 is 0 Å². The first-order valence-corrected chi connectivity index (χ1v) is 9.27. The van der Waals surface area contributed by atoms with Crippen LogP contribution < -0.4 is 9.47 Å². The van der Waals surface area contributed by atoms with Gasteiger partial charge in [0.25, 0.3) is 0 Å². The predicted octanol–water partition coefficient (Wildman–Crippen LogP) is 2.21. The van der Waals surface area contributed by atoms with Gasteiger partial charge in [0.05, 0.1) is 23.7 Å². The summed E-state index contributed by atoms with van der Waals surface area (Å²) < 4.78 is 13.4. The average Bonchev–Trinajstić information content (AvgIpc) is 2.90. The lowest BCUT2D eigenvalue weighted by atomic mass is 9.99. The van der Waals surface area contributed by atoms with Gasteiger partial charge in [-0.2, -0.15) is 0 Å². The van der Waals surface area contributed by atoms with Gasteiger partial charge in [-0.3, -0.25) is 0 Å². The molecule has 0 radical (unpaired) electrons. The van der Waals surface area contributed by atoms with Gasteiger partial charge in [-0.25, -0.2) is 4.98 Å². The number of hydrogen-bond donors (Lipinski definition) is 1. The smallest absolute Gasteiger partial charge is 0.163 e. The molecule has 3 heterocycles. The Morgan fingerprint density at radius 3 is 2.56 bits per heavy atom. The Morgan fingerprint density at radius 1 is 1.16 bits per heavy atom. The van der Waals surface area contributed by atoms with Crippen molar-refractivity contribution in [3.8, 4) is 11.5 Å². The Balaban J connectivity index is 1.51. The van der Waals surface area contributed by atoms with E-state index in [0.717, 1.165) is 53.9 Å². The lowest BCUT2D eigenvalue weighted by molar-refractivity contribution is 0.0805. The van der Waals surface area contributed by atoms with Crippen LogP contribution in [0.1, 0.15) is 25.6 Å². The number of aliphatic hydroxyl groups is 1. The third-order valence-corrected chi connectivity index (χ3v) is 5.34. The maximum atomic E-state index is 10.6. The summed E-state index contributed by atoms with van der Waals surface area (Å²) in [7, 11) is 0. The summed E-state index contributed by atoms with van der Waals surface area (Å²) in [6, 6.07) is 3.92. The molecule has 2 aliphatic rings. The fourth-order valence-corrected chi connectivity index (χ4v) is 3.82. The number of nitrogens with zero attached hydrogens (tertiary/aromatic N) is 3. The van der Waals surface area contributed by atoms with Crippen LogP contribution >= 0.6 is 0 Å². The fraction of sp³-hybridized carbons (Fsp3) is 0.632. The topological polar surface area (TPSA) is 59.8 Å². The average molecular weight is 345 g/mol. The molecule has 0 unspecified atom stereocenters. The molecule has 1 N–H and O–H groups in total. The van der Waals surface area contributed by atoms with E-state index in [1.807, 2.05) is 19.1 Å². The van der Waals surface area contributed by atoms with Crippen molar-refractivity contribution in [2.75, 3.05) is 32.8 Å². The molecule has 1 saturated heterocycles. The third kappa shape index (κ3) is 3.46. The number of rotatable bonds is 4. The van der Waals surface area contributed by atoms with E-state index in [1.54, 1.807) is 0 Å². The van der Waals surface area contributed by atoms with Crippen LogP contribution in [0.4, 0.5) is 0 Å². The molecule has 1 fully saturated rings. The summed E-state index contributed by atoms with van der Waals surface area (Å²) in [6.45, 7) is 8.87. The maximum Gasteiger partial charge on any atom is 0.163 e. The molecular weight excluding hydrogens is 318 g/mol. The minimum atomic E-state index is -0.405. The van der Waals surface area contributed by atoms with Gasteiger partial charge in [-0.1, -0.05) is 6.92 Å². The molecule has 1 aromatic carbocycles. The van der Waals surface area contributed by atoms with E-state index in [0.29, 0.717) is 19.8 Å². The summed E-state index contributed by atoms with van der Waals surface area (Å²) in [4.78, 5) is 7.01. The van der Waals surface area contributed by atoms with Crippen LogP contribution in [0.3, 0.4) is 0 Å². The first kappa shape index (κ1) is 16.7. The zero-order valence-corrected chi connectivity index (χ0v) is 15.1. The van der Waals surface area contributed by atoms with Crippen molar-refractivity contribution >= 4 is 11.0 Å². The van der Waals surface area contributed by atoms with Crippen LogP contribution in [0.5, 0.6) is 11.5 Å². The second-order valence-corrected chi connectivity index (χ2v) is 7.39. The van der Waals surface area contributed by atoms with Crippen molar-refractivity contribution in [2.24, 2.45) is 5.92 Å². The zero-order chi connectivity index (χ0) is 17.4. The van der Waals surface area contributed by atoms with E-state index in [2.05, 4.69) is 21.4 Å². The third-order valence-electron chi connectivity index (χ3n) is 5.34. The number of hydrogen-bond acceptors (Lipinski definition) is 5. The minimum Gasteiger partial charge on any atom is -0.486 e. The van der Waals surface area contributed by atoms with Crippen LogP contribution in [0, 0.1) is 12.8 Å². The van der Waals surface area contributed by atoms with E-state index in [4.69, 9.17) is 9.47 Å². The second kappa shape index (κ2) is 6.84. The number of fused-ring (bicyclic) bond motifs is 2.